The molecule has 1 aromatic heterocycles. The van der Waals surface area contributed by atoms with Gasteiger partial charge in [0.2, 0.25) is 0 Å². The van der Waals surface area contributed by atoms with E-state index in [1.165, 1.54) is 0 Å². The predicted octanol–water partition coefficient (Wildman–Crippen LogP) is 4.54. The van der Waals surface area contributed by atoms with Gasteiger partial charge in [0.1, 0.15) is 5.60 Å². The molecule has 0 radical (unpaired) electrons. The summed E-state index contributed by atoms with van der Waals surface area (Å²) < 4.78 is 8.96. The topological polar surface area (TPSA) is 65.3 Å². The summed E-state index contributed by atoms with van der Waals surface area (Å²) in [7, 11) is 0. The molecule has 30 heavy (non-hydrogen) atoms. The molecule has 3 aromatic rings. The van der Waals surface area contributed by atoms with E-state index in [0.717, 1.165) is 16.6 Å². The summed E-state index contributed by atoms with van der Waals surface area (Å²) in [5.74, 6) is 0. The molecule has 0 fully saturated rings. The SMILES string of the molecule is CC(C)(CCn1c(=O)n(Cc2ccccc2)c2ccccc21)NC(=O)OC(C)(C)C. The molecular formula is C24H31N3O3. The minimum Gasteiger partial charge on any atom is -0.444 e. The fourth-order valence-electron chi connectivity index (χ4n) is 3.44. The lowest BCUT2D eigenvalue weighted by Gasteiger charge is -2.28. The second kappa shape index (κ2) is 8.38. The van der Waals surface area contributed by atoms with Crippen molar-refractivity contribution in [1.29, 1.82) is 0 Å². The van der Waals surface area contributed by atoms with Crippen molar-refractivity contribution in [3.05, 3.63) is 70.6 Å². The van der Waals surface area contributed by atoms with Crippen LogP contribution in [0.15, 0.2) is 59.4 Å². The van der Waals surface area contributed by atoms with Crippen molar-refractivity contribution in [2.24, 2.45) is 0 Å². The second-order valence-corrected chi connectivity index (χ2v) is 9.26. The smallest absolute Gasteiger partial charge is 0.408 e. The zero-order chi connectivity index (χ0) is 21.9. The molecule has 1 heterocycles. The molecule has 0 aliphatic rings. The first kappa shape index (κ1) is 21.7. The fraction of sp³-hybridized carbons (Fsp3) is 0.417. The summed E-state index contributed by atoms with van der Waals surface area (Å²) in [5.41, 5.74) is 1.75. The van der Waals surface area contributed by atoms with Crippen LogP contribution in [-0.4, -0.2) is 26.4 Å². The van der Waals surface area contributed by atoms with E-state index in [-0.39, 0.29) is 5.69 Å². The van der Waals surface area contributed by atoms with Crippen LogP contribution in [0.1, 0.15) is 46.6 Å². The lowest BCUT2D eigenvalue weighted by atomic mass is 10.0. The number of aromatic nitrogens is 2. The van der Waals surface area contributed by atoms with Crippen LogP contribution in [0.3, 0.4) is 0 Å². The Morgan fingerprint density at radius 2 is 1.47 bits per heavy atom. The van der Waals surface area contributed by atoms with E-state index in [2.05, 4.69) is 5.32 Å². The Hall–Kier alpha value is -3.02. The van der Waals surface area contributed by atoms with Gasteiger partial charge in [-0.3, -0.25) is 9.13 Å². The second-order valence-electron chi connectivity index (χ2n) is 9.26. The highest BCUT2D eigenvalue weighted by Crippen LogP contribution is 2.18. The van der Waals surface area contributed by atoms with Crippen molar-refractivity contribution in [3.63, 3.8) is 0 Å². The normalized spacial score (nSPS) is 12.2. The number of alkyl carbamates (subject to hydrolysis) is 1. The molecule has 2 aromatic carbocycles. The van der Waals surface area contributed by atoms with Crippen LogP contribution in [0.4, 0.5) is 4.79 Å². The molecule has 1 N–H and O–H groups in total. The first-order valence-corrected chi connectivity index (χ1v) is 10.3. The maximum Gasteiger partial charge on any atom is 0.408 e. The molecule has 0 saturated heterocycles. The number of aryl methyl sites for hydroxylation is 1. The molecule has 1 amide bonds. The monoisotopic (exact) mass is 409 g/mol. The Labute approximate surface area is 177 Å². The maximum atomic E-state index is 13.2. The van der Waals surface area contributed by atoms with Crippen molar-refractivity contribution in [2.75, 3.05) is 0 Å². The molecule has 0 aliphatic carbocycles. The fourth-order valence-corrected chi connectivity index (χ4v) is 3.44. The molecule has 3 rings (SSSR count). The van der Waals surface area contributed by atoms with Crippen LogP contribution < -0.4 is 11.0 Å². The zero-order valence-corrected chi connectivity index (χ0v) is 18.4. The van der Waals surface area contributed by atoms with E-state index in [1.807, 2.05) is 89.2 Å². The summed E-state index contributed by atoms with van der Waals surface area (Å²) in [4.78, 5) is 25.4. The number of nitrogens with zero attached hydrogens (tertiary/aromatic N) is 2. The van der Waals surface area contributed by atoms with Gasteiger partial charge in [0.15, 0.2) is 0 Å². The van der Waals surface area contributed by atoms with E-state index in [9.17, 15) is 9.59 Å². The van der Waals surface area contributed by atoms with Crippen molar-refractivity contribution >= 4 is 17.1 Å². The average Bonchev–Trinajstić information content (AvgIpc) is 2.90. The number of rotatable bonds is 6. The molecular weight excluding hydrogens is 378 g/mol. The Kier molecular flexibility index (Phi) is 6.06. The van der Waals surface area contributed by atoms with Gasteiger partial charge in [-0.05, 0) is 58.7 Å². The summed E-state index contributed by atoms with van der Waals surface area (Å²) in [6.45, 7) is 10.4. The number of imidazole rings is 1. The summed E-state index contributed by atoms with van der Waals surface area (Å²) >= 11 is 0. The number of para-hydroxylation sites is 2. The van der Waals surface area contributed by atoms with Crippen LogP contribution in [0.25, 0.3) is 11.0 Å². The number of carbonyl (C=O) groups is 1. The third kappa shape index (κ3) is 5.32. The minimum absolute atomic E-state index is 0.0480. The number of nitrogens with one attached hydrogen (secondary N) is 1. The van der Waals surface area contributed by atoms with Crippen molar-refractivity contribution in [1.82, 2.24) is 14.5 Å². The molecule has 0 saturated carbocycles. The molecule has 6 nitrogen and oxygen atoms in total. The molecule has 6 heteroatoms. The summed E-state index contributed by atoms with van der Waals surface area (Å²) in [5, 5.41) is 2.91. The Bertz CT molecular complexity index is 1070. The molecule has 0 aliphatic heterocycles. The van der Waals surface area contributed by atoms with E-state index in [4.69, 9.17) is 4.74 Å². The number of ether oxygens (including phenoxy) is 1. The van der Waals surface area contributed by atoms with E-state index >= 15 is 0 Å². The van der Waals surface area contributed by atoms with Crippen LogP contribution >= 0.6 is 0 Å². The van der Waals surface area contributed by atoms with Crippen molar-refractivity contribution in [2.45, 2.75) is 65.3 Å². The number of benzene rings is 2. The average molecular weight is 410 g/mol. The van der Waals surface area contributed by atoms with Crippen LogP contribution in [0, 0.1) is 0 Å². The zero-order valence-electron chi connectivity index (χ0n) is 18.4. The van der Waals surface area contributed by atoms with Gasteiger partial charge < -0.3 is 10.1 Å². The minimum atomic E-state index is -0.554. The van der Waals surface area contributed by atoms with Gasteiger partial charge >= 0.3 is 11.8 Å². The van der Waals surface area contributed by atoms with Crippen molar-refractivity contribution < 1.29 is 9.53 Å². The number of carbonyl (C=O) groups excluding carboxylic acids is 1. The van der Waals surface area contributed by atoms with Crippen LogP contribution in [0.2, 0.25) is 0 Å². The van der Waals surface area contributed by atoms with E-state index in [0.29, 0.717) is 19.5 Å². The van der Waals surface area contributed by atoms with Gasteiger partial charge in [0.25, 0.3) is 0 Å². The van der Waals surface area contributed by atoms with E-state index in [1.54, 1.807) is 9.13 Å². The summed E-state index contributed by atoms with van der Waals surface area (Å²) in [6.07, 6.45) is 0.136. The van der Waals surface area contributed by atoms with Gasteiger partial charge in [0.05, 0.1) is 17.6 Å². The number of hydrogen-bond acceptors (Lipinski definition) is 3. The molecule has 0 atom stereocenters. The van der Waals surface area contributed by atoms with Crippen LogP contribution in [-0.2, 0) is 17.8 Å². The Balaban J connectivity index is 1.82. The van der Waals surface area contributed by atoms with Crippen LogP contribution in [0.5, 0.6) is 0 Å². The largest absolute Gasteiger partial charge is 0.444 e. The van der Waals surface area contributed by atoms with Gasteiger partial charge in [-0.1, -0.05) is 42.5 Å². The van der Waals surface area contributed by atoms with E-state index < -0.39 is 17.2 Å². The highest BCUT2D eigenvalue weighted by atomic mass is 16.6. The van der Waals surface area contributed by atoms with Gasteiger partial charge in [0, 0.05) is 12.1 Å². The Morgan fingerprint density at radius 3 is 2.07 bits per heavy atom. The first-order valence-electron chi connectivity index (χ1n) is 10.3. The molecule has 0 bridgehead atoms. The lowest BCUT2D eigenvalue weighted by molar-refractivity contribution is 0.0466. The predicted molar refractivity (Wildman–Crippen MR) is 120 cm³/mol. The molecule has 0 unspecified atom stereocenters. The number of hydrogen-bond donors (Lipinski definition) is 1. The molecule has 0 spiro atoms. The van der Waals surface area contributed by atoms with Gasteiger partial charge in [-0.15, -0.1) is 0 Å². The standard InChI is InChI=1S/C24H31N3O3/c1-23(2,3)30-21(28)25-24(4,5)15-16-26-19-13-9-10-14-20(19)27(22(26)29)17-18-11-7-6-8-12-18/h6-14H,15-17H2,1-5H3,(H,25,28). The highest BCUT2D eigenvalue weighted by molar-refractivity contribution is 5.76. The maximum absolute atomic E-state index is 13.2. The molecule has 160 valence electrons. The summed E-state index contributed by atoms with van der Waals surface area (Å²) in [6, 6.07) is 17.8. The number of amides is 1. The Morgan fingerprint density at radius 1 is 0.900 bits per heavy atom. The third-order valence-electron chi connectivity index (χ3n) is 4.91. The van der Waals surface area contributed by atoms with Gasteiger partial charge in [-0.2, -0.15) is 0 Å². The van der Waals surface area contributed by atoms with Crippen molar-refractivity contribution in [3.8, 4) is 0 Å². The lowest BCUT2D eigenvalue weighted by Crippen LogP contribution is -2.46. The number of fused-ring (bicyclic) bond motifs is 1. The first-order chi connectivity index (χ1) is 14.1. The van der Waals surface area contributed by atoms with Gasteiger partial charge in [-0.25, -0.2) is 9.59 Å². The highest BCUT2D eigenvalue weighted by Gasteiger charge is 2.25. The third-order valence-corrected chi connectivity index (χ3v) is 4.91. The quantitative estimate of drug-likeness (QED) is 0.650.